The van der Waals surface area contributed by atoms with Gasteiger partial charge in [-0.05, 0) is 12.0 Å². The third-order valence-electron chi connectivity index (χ3n) is 2.89. The summed E-state index contributed by atoms with van der Waals surface area (Å²) < 4.78 is 5.44. The summed E-state index contributed by atoms with van der Waals surface area (Å²) in [6.45, 7) is 10.2. The Bertz CT molecular complexity index is 295. The molecule has 0 aliphatic carbocycles. The highest BCUT2D eigenvalue weighted by molar-refractivity contribution is 5.23. The minimum absolute atomic E-state index is 0.173. The summed E-state index contributed by atoms with van der Waals surface area (Å²) in [4.78, 5) is 0. The molecular weight excluding hydrogens is 210 g/mol. The van der Waals surface area contributed by atoms with Gasteiger partial charge in [0.15, 0.2) is 0 Å². The molecule has 0 radical (unpaired) electrons. The molecule has 96 valence electrons. The molecule has 2 nitrogen and oxygen atoms in total. The van der Waals surface area contributed by atoms with Crippen molar-refractivity contribution in [1.82, 2.24) is 5.32 Å². The predicted octanol–water partition coefficient (Wildman–Crippen LogP) is 2.98. The lowest BCUT2D eigenvalue weighted by molar-refractivity contribution is 0.135. The van der Waals surface area contributed by atoms with E-state index in [1.54, 1.807) is 0 Å². The van der Waals surface area contributed by atoms with E-state index in [4.69, 9.17) is 4.74 Å². The van der Waals surface area contributed by atoms with Gasteiger partial charge in [0, 0.05) is 25.1 Å². The van der Waals surface area contributed by atoms with Gasteiger partial charge in [-0.2, -0.15) is 0 Å². The molecular formula is C15H25NO. The molecule has 1 rings (SSSR count). The second kappa shape index (κ2) is 7.46. The van der Waals surface area contributed by atoms with Gasteiger partial charge in [0.25, 0.3) is 0 Å². The molecule has 0 bridgehead atoms. The van der Waals surface area contributed by atoms with Crippen LogP contribution in [0.3, 0.4) is 0 Å². The third kappa shape index (κ3) is 5.33. The predicted molar refractivity (Wildman–Crippen MR) is 73.4 cm³/mol. The average molecular weight is 235 g/mol. The number of benzene rings is 1. The minimum atomic E-state index is 0.173. The lowest BCUT2D eigenvalue weighted by Crippen LogP contribution is -2.34. The van der Waals surface area contributed by atoms with Gasteiger partial charge in [0.05, 0.1) is 6.61 Å². The Morgan fingerprint density at radius 1 is 1.12 bits per heavy atom. The lowest BCUT2D eigenvalue weighted by atomic mass is 9.85. The molecule has 0 aromatic heterocycles. The molecule has 0 unspecified atom stereocenters. The maximum absolute atomic E-state index is 5.44. The van der Waals surface area contributed by atoms with Crippen LogP contribution in [0.15, 0.2) is 30.3 Å². The molecule has 0 saturated carbocycles. The fourth-order valence-corrected chi connectivity index (χ4v) is 1.78. The van der Waals surface area contributed by atoms with Crippen molar-refractivity contribution >= 4 is 0 Å². The van der Waals surface area contributed by atoms with E-state index in [9.17, 15) is 0 Å². The molecule has 1 aromatic carbocycles. The van der Waals surface area contributed by atoms with Gasteiger partial charge in [-0.25, -0.2) is 0 Å². The standard InChI is InChI=1S/C15H25NO/c1-4-11-17-12-10-16-13-15(2,3)14-8-6-5-7-9-14/h5-9,16H,4,10-13H2,1-3H3. The topological polar surface area (TPSA) is 21.3 Å². The van der Waals surface area contributed by atoms with Crippen molar-refractivity contribution in [2.24, 2.45) is 0 Å². The first-order valence-corrected chi connectivity index (χ1v) is 6.51. The van der Waals surface area contributed by atoms with Crippen molar-refractivity contribution in [2.45, 2.75) is 32.6 Å². The third-order valence-corrected chi connectivity index (χ3v) is 2.89. The van der Waals surface area contributed by atoms with Gasteiger partial charge in [-0.3, -0.25) is 0 Å². The maximum atomic E-state index is 5.44. The van der Waals surface area contributed by atoms with Crippen molar-refractivity contribution in [2.75, 3.05) is 26.3 Å². The van der Waals surface area contributed by atoms with Crippen LogP contribution in [0.1, 0.15) is 32.8 Å². The monoisotopic (exact) mass is 235 g/mol. The fraction of sp³-hybridized carbons (Fsp3) is 0.600. The van der Waals surface area contributed by atoms with Crippen LogP contribution in [0.25, 0.3) is 0 Å². The molecule has 1 N–H and O–H groups in total. The van der Waals surface area contributed by atoms with Crippen LogP contribution in [0, 0.1) is 0 Å². The van der Waals surface area contributed by atoms with Gasteiger partial charge in [0.2, 0.25) is 0 Å². The molecule has 0 atom stereocenters. The number of nitrogens with one attached hydrogen (secondary N) is 1. The van der Waals surface area contributed by atoms with Crippen LogP contribution in [-0.4, -0.2) is 26.3 Å². The number of hydrogen-bond donors (Lipinski definition) is 1. The highest BCUT2D eigenvalue weighted by Gasteiger charge is 2.19. The van der Waals surface area contributed by atoms with Gasteiger partial charge >= 0.3 is 0 Å². The van der Waals surface area contributed by atoms with Gasteiger partial charge in [-0.1, -0.05) is 51.1 Å². The van der Waals surface area contributed by atoms with E-state index in [-0.39, 0.29) is 5.41 Å². The molecule has 0 fully saturated rings. The van der Waals surface area contributed by atoms with Gasteiger partial charge < -0.3 is 10.1 Å². The van der Waals surface area contributed by atoms with Crippen molar-refractivity contribution in [3.8, 4) is 0 Å². The second-order valence-electron chi connectivity index (χ2n) is 5.04. The summed E-state index contributed by atoms with van der Waals surface area (Å²) in [7, 11) is 0. The lowest BCUT2D eigenvalue weighted by Gasteiger charge is -2.25. The first kappa shape index (κ1) is 14.2. The Morgan fingerprint density at radius 3 is 2.47 bits per heavy atom. The van der Waals surface area contributed by atoms with Gasteiger partial charge in [0.1, 0.15) is 0 Å². The molecule has 0 aliphatic heterocycles. The number of hydrogen-bond acceptors (Lipinski definition) is 2. The van der Waals surface area contributed by atoms with Crippen LogP contribution in [0.2, 0.25) is 0 Å². The fourth-order valence-electron chi connectivity index (χ4n) is 1.78. The van der Waals surface area contributed by atoms with Crippen molar-refractivity contribution in [1.29, 1.82) is 0 Å². The van der Waals surface area contributed by atoms with Crippen LogP contribution >= 0.6 is 0 Å². The zero-order valence-corrected chi connectivity index (χ0v) is 11.3. The van der Waals surface area contributed by atoms with Crippen molar-refractivity contribution in [3.63, 3.8) is 0 Å². The second-order valence-corrected chi connectivity index (χ2v) is 5.04. The Morgan fingerprint density at radius 2 is 1.82 bits per heavy atom. The summed E-state index contributed by atoms with van der Waals surface area (Å²) in [5, 5.41) is 3.46. The molecule has 0 spiro atoms. The van der Waals surface area contributed by atoms with Crippen LogP contribution in [0.5, 0.6) is 0 Å². The quantitative estimate of drug-likeness (QED) is 0.699. The summed E-state index contributed by atoms with van der Waals surface area (Å²) in [6.07, 6.45) is 1.09. The van der Waals surface area contributed by atoms with Crippen LogP contribution in [-0.2, 0) is 10.2 Å². The van der Waals surface area contributed by atoms with E-state index >= 15 is 0 Å². The molecule has 17 heavy (non-hydrogen) atoms. The van der Waals surface area contributed by atoms with E-state index in [1.807, 2.05) is 0 Å². The van der Waals surface area contributed by atoms with E-state index in [0.29, 0.717) is 0 Å². The summed E-state index contributed by atoms with van der Waals surface area (Å²) in [6, 6.07) is 10.6. The molecule has 0 heterocycles. The van der Waals surface area contributed by atoms with E-state index in [2.05, 4.69) is 56.4 Å². The van der Waals surface area contributed by atoms with Crippen LogP contribution < -0.4 is 5.32 Å². The Balaban J connectivity index is 2.26. The highest BCUT2D eigenvalue weighted by Crippen LogP contribution is 2.21. The molecule has 1 aromatic rings. The van der Waals surface area contributed by atoms with E-state index in [1.165, 1.54) is 5.56 Å². The Labute approximate surface area is 105 Å². The molecule has 0 saturated heterocycles. The minimum Gasteiger partial charge on any atom is -0.380 e. The largest absolute Gasteiger partial charge is 0.380 e. The summed E-state index contributed by atoms with van der Waals surface area (Å²) >= 11 is 0. The summed E-state index contributed by atoms with van der Waals surface area (Å²) in [5.74, 6) is 0. The first-order valence-electron chi connectivity index (χ1n) is 6.51. The van der Waals surface area contributed by atoms with Crippen LogP contribution in [0.4, 0.5) is 0 Å². The smallest absolute Gasteiger partial charge is 0.0590 e. The Hall–Kier alpha value is -0.860. The van der Waals surface area contributed by atoms with Crippen molar-refractivity contribution in [3.05, 3.63) is 35.9 Å². The number of ether oxygens (including phenoxy) is 1. The molecule has 0 aliphatic rings. The zero-order valence-electron chi connectivity index (χ0n) is 11.3. The highest BCUT2D eigenvalue weighted by atomic mass is 16.5. The average Bonchev–Trinajstić information content (AvgIpc) is 2.35. The van der Waals surface area contributed by atoms with E-state index < -0.39 is 0 Å². The Kier molecular flexibility index (Phi) is 6.23. The van der Waals surface area contributed by atoms with Crippen molar-refractivity contribution < 1.29 is 4.74 Å². The SMILES string of the molecule is CCCOCCNCC(C)(C)c1ccccc1. The van der Waals surface area contributed by atoms with E-state index in [0.717, 1.165) is 32.7 Å². The normalized spacial score (nSPS) is 11.7. The molecule has 2 heteroatoms. The maximum Gasteiger partial charge on any atom is 0.0590 e. The summed E-state index contributed by atoms with van der Waals surface area (Å²) in [5.41, 5.74) is 1.55. The number of rotatable bonds is 8. The van der Waals surface area contributed by atoms with Gasteiger partial charge in [-0.15, -0.1) is 0 Å². The first-order chi connectivity index (χ1) is 8.17. The zero-order chi connectivity index (χ0) is 12.6. The molecule has 0 amide bonds.